The van der Waals surface area contributed by atoms with E-state index in [2.05, 4.69) is 25.5 Å². The summed E-state index contributed by atoms with van der Waals surface area (Å²) in [6.07, 6.45) is 3.30. The second-order valence-electron chi connectivity index (χ2n) is 2.65. The molecule has 0 bridgehead atoms. The average Bonchev–Trinajstić information content (AvgIpc) is 2.67. The Bertz CT molecular complexity index is 400. The van der Waals surface area contributed by atoms with Gasteiger partial charge in [0.15, 0.2) is 0 Å². The van der Waals surface area contributed by atoms with E-state index in [1.165, 1.54) is 0 Å². The summed E-state index contributed by atoms with van der Waals surface area (Å²) >= 11 is 5.62. The molecule has 0 saturated carbocycles. The molecule has 0 atom stereocenters. The Morgan fingerprint density at radius 2 is 2.29 bits per heavy atom. The van der Waals surface area contributed by atoms with Gasteiger partial charge in [0.25, 0.3) is 0 Å². The van der Waals surface area contributed by atoms with Crippen molar-refractivity contribution in [2.75, 3.05) is 5.32 Å². The van der Waals surface area contributed by atoms with Crippen LogP contribution in [0.5, 0.6) is 0 Å². The fourth-order valence-corrected chi connectivity index (χ4v) is 1.15. The zero-order chi connectivity index (χ0) is 9.80. The molecular weight excluding hydrogens is 202 g/mol. The van der Waals surface area contributed by atoms with Crippen LogP contribution in [0.1, 0.15) is 5.69 Å². The summed E-state index contributed by atoms with van der Waals surface area (Å²) in [5, 5.41) is 9.98. The summed E-state index contributed by atoms with van der Waals surface area (Å²) in [6.45, 7) is 0.632. The molecule has 2 rings (SSSR count). The van der Waals surface area contributed by atoms with E-state index in [1.807, 2.05) is 6.07 Å². The molecule has 0 radical (unpaired) electrons. The highest BCUT2D eigenvalue weighted by Gasteiger charge is 1.96. The lowest BCUT2D eigenvalue weighted by Crippen LogP contribution is -2.02. The van der Waals surface area contributed by atoms with Crippen molar-refractivity contribution in [1.82, 2.24) is 20.2 Å². The van der Waals surface area contributed by atoms with Gasteiger partial charge in [0.05, 0.1) is 12.2 Å². The van der Waals surface area contributed by atoms with Crippen LogP contribution in [0.15, 0.2) is 24.5 Å². The fourth-order valence-electron chi connectivity index (χ4n) is 1.00. The minimum Gasteiger partial charge on any atom is -0.364 e. The highest BCUT2D eigenvalue weighted by Crippen LogP contribution is 2.06. The molecule has 2 N–H and O–H groups in total. The number of aromatic nitrogens is 4. The first-order valence-electron chi connectivity index (χ1n) is 4.05. The van der Waals surface area contributed by atoms with Gasteiger partial charge in [-0.1, -0.05) is 0 Å². The Hall–Kier alpha value is -1.62. The highest BCUT2D eigenvalue weighted by atomic mass is 35.5. The van der Waals surface area contributed by atoms with E-state index in [0.717, 1.165) is 5.69 Å². The Morgan fingerprint density at radius 3 is 3.00 bits per heavy atom. The predicted octanol–water partition coefficient (Wildman–Crippen LogP) is 1.47. The van der Waals surface area contributed by atoms with Crippen molar-refractivity contribution in [3.63, 3.8) is 0 Å². The molecule has 5 nitrogen and oxygen atoms in total. The molecule has 2 aromatic rings. The van der Waals surface area contributed by atoms with Gasteiger partial charge in [-0.05, 0) is 23.7 Å². The van der Waals surface area contributed by atoms with Crippen molar-refractivity contribution in [2.45, 2.75) is 6.54 Å². The lowest BCUT2D eigenvalue weighted by molar-refractivity contribution is 0.971. The van der Waals surface area contributed by atoms with Gasteiger partial charge in [0, 0.05) is 12.4 Å². The van der Waals surface area contributed by atoms with Crippen LogP contribution in [0.2, 0.25) is 5.28 Å². The van der Waals surface area contributed by atoms with E-state index in [1.54, 1.807) is 18.5 Å². The summed E-state index contributed by atoms with van der Waals surface area (Å²) in [5.74, 6) is 0.694. The molecule has 0 saturated heterocycles. The second kappa shape index (κ2) is 4.06. The van der Waals surface area contributed by atoms with Gasteiger partial charge in [-0.3, -0.25) is 5.10 Å². The molecule has 0 spiro atoms. The number of hydrogen-bond acceptors (Lipinski definition) is 4. The molecular formula is C8H8ClN5. The minimum absolute atomic E-state index is 0.236. The monoisotopic (exact) mass is 209 g/mol. The Labute approximate surface area is 85.5 Å². The van der Waals surface area contributed by atoms with E-state index in [9.17, 15) is 0 Å². The van der Waals surface area contributed by atoms with Gasteiger partial charge in [0.2, 0.25) is 5.28 Å². The molecule has 0 unspecified atom stereocenters. The van der Waals surface area contributed by atoms with Crippen molar-refractivity contribution >= 4 is 17.4 Å². The fraction of sp³-hybridized carbons (Fsp3) is 0.125. The predicted molar refractivity (Wildman–Crippen MR) is 53.0 cm³/mol. The SMILES string of the molecule is Clc1nccc(NCc2ccn[nH]2)n1. The van der Waals surface area contributed by atoms with Crippen molar-refractivity contribution in [2.24, 2.45) is 0 Å². The summed E-state index contributed by atoms with van der Waals surface area (Å²) in [5.41, 5.74) is 0.986. The molecule has 14 heavy (non-hydrogen) atoms. The largest absolute Gasteiger partial charge is 0.364 e. The first-order chi connectivity index (χ1) is 6.84. The van der Waals surface area contributed by atoms with Crippen LogP contribution in [0.25, 0.3) is 0 Å². The molecule has 0 aliphatic heterocycles. The number of aromatic amines is 1. The van der Waals surface area contributed by atoms with Crippen LogP contribution in [0, 0.1) is 0 Å². The van der Waals surface area contributed by atoms with Gasteiger partial charge >= 0.3 is 0 Å². The van der Waals surface area contributed by atoms with Crippen molar-refractivity contribution in [3.8, 4) is 0 Å². The smallest absolute Gasteiger partial charge is 0.224 e. The van der Waals surface area contributed by atoms with E-state index < -0.39 is 0 Å². The normalized spacial score (nSPS) is 10.1. The molecule has 0 fully saturated rings. The van der Waals surface area contributed by atoms with Crippen LogP contribution < -0.4 is 5.32 Å². The average molecular weight is 210 g/mol. The van der Waals surface area contributed by atoms with Crippen molar-refractivity contribution in [1.29, 1.82) is 0 Å². The van der Waals surface area contributed by atoms with Gasteiger partial charge in [-0.2, -0.15) is 5.10 Å². The number of nitrogens with one attached hydrogen (secondary N) is 2. The van der Waals surface area contributed by atoms with Gasteiger partial charge < -0.3 is 5.32 Å². The molecule has 0 amide bonds. The maximum absolute atomic E-state index is 5.62. The van der Waals surface area contributed by atoms with E-state index >= 15 is 0 Å². The second-order valence-corrected chi connectivity index (χ2v) is 2.98. The maximum atomic E-state index is 5.62. The molecule has 6 heteroatoms. The molecule has 0 aromatic carbocycles. The molecule has 0 aliphatic rings. The van der Waals surface area contributed by atoms with Crippen molar-refractivity contribution < 1.29 is 0 Å². The third kappa shape index (κ3) is 2.20. The Balaban J connectivity index is 1.98. The lowest BCUT2D eigenvalue weighted by atomic mass is 10.4. The van der Waals surface area contributed by atoms with E-state index in [0.29, 0.717) is 12.4 Å². The van der Waals surface area contributed by atoms with E-state index in [-0.39, 0.29) is 5.28 Å². The van der Waals surface area contributed by atoms with Crippen LogP contribution in [-0.2, 0) is 6.54 Å². The molecule has 0 aliphatic carbocycles. The minimum atomic E-state index is 0.236. The number of nitrogens with zero attached hydrogens (tertiary/aromatic N) is 3. The number of hydrogen-bond donors (Lipinski definition) is 2. The zero-order valence-corrected chi connectivity index (χ0v) is 7.99. The van der Waals surface area contributed by atoms with Crippen LogP contribution in [0.4, 0.5) is 5.82 Å². The number of halogens is 1. The van der Waals surface area contributed by atoms with Crippen LogP contribution in [0.3, 0.4) is 0 Å². The Morgan fingerprint density at radius 1 is 1.36 bits per heavy atom. The third-order valence-electron chi connectivity index (χ3n) is 1.64. The summed E-state index contributed by atoms with van der Waals surface area (Å²) in [6, 6.07) is 3.64. The molecule has 72 valence electrons. The number of anilines is 1. The van der Waals surface area contributed by atoms with Crippen LogP contribution >= 0.6 is 11.6 Å². The molecule has 2 aromatic heterocycles. The maximum Gasteiger partial charge on any atom is 0.224 e. The van der Waals surface area contributed by atoms with Crippen LogP contribution in [-0.4, -0.2) is 20.2 Å². The third-order valence-corrected chi connectivity index (χ3v) is 1.83. The standard InChI is InChI=1S/C8H8ClN5/c9-8-10-3-2-7(13-8)11-5-6-1-4-12-14-6/h1-4H,5H2,(H,12,14)(H,10,11,13). The quantitative estimate of drug-likeness (QED) is 0.752. The topological polar surface area (TPSA) is 66.5 Å². The summed E-state index contributed by atoms with van der Waals surface area (Å²) < 4.78 is 0. The van der Waals surface area contributed by atoms with Gasteiger partial charge in [0.1, 0.15) is 5.82 Å². The highest BCUT2D eigenvalue weighted by molar-refractivity contribution is 6.28. The lowest BCUT2D eigenvalue weighted by Gasteiger charge is -2.02. The Kier molecular flexibility index (Phi) is 2.60. The first-order valence-corrected chi connectivity index (χ1v) is 4.43. The zero-order valence-electron chi connectivity index (χ0n) is 7.24. The van der Waals surface area contributed by atoms with E-state index in [4.69, 9.17) is 11.6 Å². The number of H-pyrrole nitrogens is 1. The van der Waals surface area contributed by atoms with Gasteiger partial charge in [-0.15, -0.1) is 0 Å². The molecule has 2 heterocycles. The number of rotatable bonds is 3. The van der Waals surface area contributed by atoms with Gasteiger partial charge in [-0.25, -0.2) is 9.97 Å². The van der Waals surface area contributed by atoms with Crippen molar-refractivity contribution in [3.05, 3.63) is 35.5 Å². The summed E-state index contributed by atoms with van der Waals surface area (Å²) in [4.78, 5) is 7.76. The summed E-state index contributed by atoms with van der Waals surface area (Å²) in [7, 11) is 0. The first kappa shape index (κ1) is 8.96.